The van der Waals surface area contributed by atoms with Gasteiger partial charge in [0, 0.05) is 45.2 Å². The maximum absolute atomic E-state index is 12.4. The van der Waals surface area contributed by atoms with Gasteiger partial charge in [-0.15, -0.1) is 0 Å². The molecule has 0 saturated heterocycles. The van der Waals surface area contributed by atoms with Gasteiger partial charge in [-0.3, -0.25) is 4.57 Å². The van der Waals surface area contributed by atoms with Crippen LogP contribution in [-0.4, -0.2) is 77.9 Å². The molecule has 0 bridgehead atoms. The normalized spacial score (nSPS) is 15.8. The predicted molar refractivity (Wildman–Crippen MR) is 121 cm³/mol. The third-order valence-corrected chi connectivity index (χ3v) is 7.44. The third kappa shape index (κ3) is 11.9. The lowest BCUT2D eigenvalue weighted by atomic mass is 10.0. The molecule has 0 aromatic carbocycles. The van der Waals surface area contributed by atoms with Crippen LogP contribution >= 0.6 is 16.1 Å². The highest BCUT2D eigenvalue weighted by molar-refractivity contribution is 7.57. The molecule has 0 aliphatic carbocycles. The Morgan fingerprint density at radius 3 is 2.17 bits per heavy atom. The summed E-state index contributed by atoms with van der Waals surface area (Å²) in [5.41, 5.74) is 0. The van der Waals surface area contributed by atoms with Gasteiger partial charge in [0.25, 0.3) is 8.53 Å². The van der Waals surface area contributed by atoms with E-state index in [0.717, 1.165) is 0 Å². The first-order valence-corrected chi connectivity index (χ1v) is 12.6. The van der Waals surface area contributed by atoms with Crippen LogP contribution in [0.2, 0.25) is 0 Å². The highest BCUT2D eigenvalue weighted by Gasteiger charge is 2.28. The van der Waals surface area contributed by atoms with Gasteiger partial charge in [0.15, 0.2) is 0 Å². The summed E-state index contributed by atoms with van der Waals surface area (Å²) in [6.07, 6.45) is 1.36. The fourth-order valence-corrected chi connectivity index (χ4v) is 4.97. The maximum atomic E-state index is 12.4. The van der Waals surface area contributed by atoms with Crippen LogP contribution in [0.5, 0.6) is 0 Å². The van der Waals surface area contributed by atoms with Crippen LogP contribution in [0.4, 0.5) is 0 Å². The van der Waals surface area contributed by atoms with Crippen molar-refractivity contribution in [2.24, 2.45) is 0 Å². The number of hydrogen-bond acceptors (Lipinski definition) is 9. The van der Waals surface area contributed by atoms with Crippen LogP contribution in [0.15, 0.2) is 11.9 Å². The molecule has 0 N–H and O–H groups in total. The molecule has 0 spiro atoms. The smallest absolute Gasteiger partial charge is 0.353 e. The minimum absolute atomic E-state index is 0.159. The molecular weight excluding hydrogens is 429 g/mol. The molecule has 0 rings (SSSR count). The Morgan fingerprint density at radius 2 is 1.70 bits per heavy atom. The van der Waals surface area contributed by atoms with E-state index in [1.807, 2.05) is 7.85 Å². The van der Waals surface area contributed by atoms with Gasteiger partial charge in [-0.2, -0.15) is 5.26 Å². The number of nitriles is 1. The van der Waals surface area contributed by atoms with E-state index in [9.17, 15) is 4.57 Å². The molecule has 0 aliphatic rings. The average Bonchev–Trinajstić information content (AvgIpc) is 2.69. The first kappa shape index (κ1) is 29.7. The molecule has 0 heterocycles. The number of rotatable bonds is 17. The van der Waals surface area contributed by atoms with Crippen LogP contribution in [0, 0.1) is 11.3 Å². The number of nitrogens with zero attached hydrogens (tertiary/aromatic N) is 2. The van der Waals surface area contributed by atoms with Gasteiger partial charge in [0.1, 0.15) is 7.85 Å². The summed E-state index contributed by atoms with van der Waals surface area (Å²) in [7, 11) is 1.35. The second-order valence-corrected chi connectivity index (χ2v) is 10.6. The van der Waals surface area contributed by atoms with Crippen molar-refractivity contribution in [1.29, 1.82) is 5.26 Å². The van der Waals surface area contributed by atoms with E-state index in [4.69, 9.17) is 32.8 Å². The van der Waals surface area contributed by atoms with Crippen molar-refractivity contribution in [3.05, 3.63) is 11.9 Å². The first-order chi connectivity index (χ1) is 14.1. The SMILES string of the molecule is B[C@@H](COC)O[C@H](/C=C/P(=O)(OC)OC)COP(OCCC#N)N(C(C)C)C(C)C. The molecule has 0 aliphatic heterocycles. The Morgan fingerprint density at radius 1 is 1.10 bits per heavy atom. The van der Waals surface area contributed by atoms with Crippen molar-refractivity contribution in [2.75, 3.05) is 41.2 Å². The molecule has 30 heavy (non-hydrogen) atoms. The van der Waals surface area contributed by atoms with E-state index in [-0.39, 0.29) is 37.7 Å². The second-order valence-electron chi connectivity index (χ2n) is 7.03. The fraction of sp³-hybridized carbons (Fsp3) is 0.833. The van der Waals surface area contributed by atoms with Crippen molar-refractivity contribution >= 4 is 24.0 Å². The number of methoxy groups -OCH3 is 1. The van der Waals surface area contributed by atoms with Crippen molar-refractivity contribution in [2.45, 2.75) is 58.3 Å². The van der Waals surface area contributed by atoms with Crippen LogP contribution < -0.4 is 0 Å². The summed E-state index contributed by atoms with van der Waals surface area (Å²) in [4.78, 5) is 0. The van der Waals surface area contributed by atoms with Crippen molar-refractivity contribution in [1.82, 2.24) is 4.67 Å². The van der Waals surface area contributed by atoms with Crippen LogP contribution in [0.1, 0.15) is 34.1 Å². The van der Waals surface area contributed by atoms with Gasteiger partial charge in [-0.1, -0.05) is 0 Å². The second kappa shape index (κ2) is 16.3. The van der Waals surface area contributed by atoms with Gasteiger partial charge in [0.2, 0.25) is 0 Å². The maximum Gasteiger partial charge on any atom is 0.353 e. The molecule has 0 amide bonds. The molecule has 0 radical (unpaired) electrons. The standard InChI is InChI=1S/C18H37BN2O7P2/c1-15(2)21(16(3)4)29(26-11-8-10-20)27-13-17(28-18(19)14-23-5)9-12-30(22,24-6)25-7/h9,12,15-18H,8,11,13-14,19H2,1-7H3/b12-9+/t17-,18-,29?/m1/s1. The summed E-state index contributed by atoms with van der Waals surface area (Å²) in [5, 5.41) is 8.83. The van der Waals surface area contributed by atoms with E-state index in [0.29, 0.717) is 6.61 Å². The summed E-state index contributed by atoms with van der Waals surface area (Å²) < 4.78 is 47.5. The zero-order valence-electron chi connectivity index (χ0n) is 19.4. The van der Waals surface area contributed by atoms with Crippen LogP contribution in [0.3, 0.4) is 0 Å². The van der Waals surface area contributed by atoms with E-state index in [1.165, 1.54) is 20.0 Å². The van der Waals surface area contributed by atoms with Gasteiger partial charge >= 0.3 is 7.60 Å². The monoisotopic (exact) mass is 466 g/mol. The molecule has 3 atom stereocenters. The van der Waals surface area contributed by atoms with Gasteiger partial charge < -0.3 is 27.6 Å². The quantitative estimate of drug-likeness (QED) is 0.182. The topological polar surface area (TPSA) is 99.5 Å². The zero-order valence-corrected chi connectivity index (χ0v) is 21.2. The number of ether oxygens (including phenoxy) is 2. The zero-order chi connectivity index (χ0) is 23.2. The summed E-state index contributed by atoms with van der Waals surface area (Å²) in [6.45, 7) is 9.09. The van der Waals surface area contributed by atoms with E-state index < -0.39 is 22.2 Å². The minimum Gasteiger partial charge on any atom is -0.383 e. The molecule has 0 aromatic rings. The first-order valence-electron chi connectivity index (χ1n) is 9.90. The predicted octanol–water partition coefficient (Wildman–Crippen LogP) is 3.27. The molecule has 0 saturated carbocycles. The lowest BCUT2D eigenvalue weighted by molar-refractivity contribution is -0.00713. The molecule has 0 fully saturated rings. The molecule has 9 nitrogen and oxygen atoms in total. The molecular formula is C18H37BN2O7P2. The fourth-order valence-electron chi connectivity index (χ4n) is 2.56. The van der Waals surface area contributed by atoms with E-state index in [2.05, 4.69) is 38.4 Å². The largest absolute Gasteiger partial charge is 0.383 e. The summed E-state index contributed by atoms with van der Waals surface area (Å²) in [5.74, 6) is 1.36. The van der Waals surface area contributed by atoms with E-state index in [1.54, 1.807) is 13.2 Å². The van der Waals surface area contributed by atoms with Crippen molar-refractivity contribution in [3.63, 3.8) is 0 Å². The minimum atomic E-state index is -3.33. The van der Waals surface area contributed by atoms with E-state index >= 15 is 0 Å². The molecule has 12 heteroatoms. The Labute approximate surface area is 183 Å². The van der Waals surface area contributed by atoms with Crippen LogP contribution in [-0.2, 0) is 32.1 Å². The molecule has 0 aromatic heterocycles. The van der Waals surface area contributed by atoms with Crippen molar-refractivity contribution in [3.8, 4) is 6.07 Å². The third-order valence-electron chi connectivity index (χ3n) is 3.81. The summed E-state index contributed by atoms with van der Waals surface area (Å²) >= 11 is 0. The van der Waals surface area contributed by atoms with Crippen molar-refractivity contribution < 1.29 is 32.1 Å². The summed E-state index contributed by atoms with van der Waals surface area (Å²) in [6, 6.07) is 2.23. The Hall–Kier alpha value is -0.325. The highest BCUT2D eigenvalue weighted by Crippen LogP contribution is 2.49. The average molecular weight is 466 g/mol. The van der Waals surface area contributed by atoms with Gasteiger partial charge in [0.05, 0.1) is 38.4 Å². The number of hydrogen-bond donors (Lipinski definition) is 0. The lowest BCUT2D eigenvalue weighted by Crippen LogP contribution is -2.35. The van der Waals surface area contributed by atoms with Crippen LogP contribution in [0.25, 0.3) is 0 Å². The Balaban J connectivity index is 5.43. The molecule has 174 valence electrons. The molecule has 1 unspecified atom stereocenters. The van der Waals surface area contributed by atoms with Gasteiger partial charge in [-0.25, -0.2) is 4.67 Å². The highest BCUT2D eigenvalue weighted by atomic mass is 31.2. The van der Waals surface area contributed by atoms with Gasteiger partial charge in [-0.05, 0) is 33.8 Å². The Bertz CT molecular complexity index is 559. The Kier molecular flexibility index (Phi) is 16.2. The lowest BCUT2D eigenvalue weighted by Gasteiger charge is -2.36.